The number of hydrogen-bond acceptors (Lipinski definition) is 5. The van der Waals surface area contributed by atoms with E-state index in [0.29, 0.717) is 12.6 Å². The number of nitrogens with one attached hydrogen (secondary N) is 1. The molecule has 7 heteroatoms. The Hall–Kier alpha value is -3.32. The molecule has 0 aliphatic heterocycles. The van der Waals surface area contributed by atoms with Gasteiger partial charge in [0.25, 0.3) is 5.56 Å². The molecular formula is C30H38N6O. The lowest BCUT2D eigenvalue weighted by Crippen LogP contribution is -2.35. The predicted octanol–water partition coefficient (Wildman–Crippen LogP) is 5.91. The number of benzene rings is 2. The van der Waals surface area contributed by atoms with Gasteiger partial charge in [-0.15, -0.1) is 5.10 Å². The first kappa shape index (κ1) is 25.3. The van der Waals surface area contributed by atoms with Crippen LogP contribution in [0.25, 0.3) is 10.9 Å². The van der Waals surface area contributed by atoms with E-state index in [1.165, 1.54) is 24.8 Å². The average Bonchev–Trinajstić information content (AvgIpc) is 3.41. The standard InChI is InChI=1S/C30H38N6O/c1-3-11-27(29-32-33-34-36(29)26-16-8-5-9-17-26)35(19-18-23-13-6-4-7-14-23)21-25-20-24-15-10-12-22(2)28(24)31-30(25)37/h4,6-7,10,12-15,20,26-27H,3,5,8-9,11,16-19,21H2,1-2H3,(H,31,37)/t27-/m0/s1. The lowest BCUT2D eigenvalue weighted by Gasteiger charge is -2.32. The molecule has 2 aromatic heterocycles. The fraction of sp³-hybridized carbons (Fsp3) is 0.467. The van der Waals surface area contributed by atoms with Crippen molar-refractivity contribution in [1.82, 2.24) is 30.1 Å². The highest BCUT2D eigenvalue weighted by molar-refractivity contribution is 5.81. The van der Waals surface area contributed by atoms with Crippen molar-refractivity contribution in [3.05, 3.63) is 87.5 Å². The van der Waals surface area contributed by atoms with Gasteiger partial charge in [-0.05, 0) is 65.6 Å². The molecule has 0 amide bonds. The highest BCUT2D eigenvalue weighted by atomic mass is 16.1. The number of rotatable bonds is 10. The maximum atomic E-state index is 13.2. The minimum absolute atomic E-state index is 0.0198. The van der Waals surface area contributed by atoms with E-state index in [2.05, 4.69) is 79.5 Å². The van der Waals surface area contributed by atoms with Gasteiger partial charge in [0.05, 0.1) is 17.6 Å². The minimum atomic E-state index is -0.0198. The van der Waals surface area contributed by atoms with Gasteiger partial charge in [0, 0.05) is 18.7 Å². The zero-order chi connectivity index (χ0) is 25.6. The van der Waals surface area contributed by atoms with Gasteiger partial charge < -0.3 is 4.98 Å². The highest BCUT2D eigenvalue weighted by Crippen LogP contribution is 2.33. The van der Waals surface area contributed by atoms with E-state index in [-0.39, 0.29) is 11.6 Å². The summed E-state index contributed by atoms with van der Waals surface area (Å²) in [4.78, 5) is 18.8. The number of fused-ring (bicyclic) bond motifs is 1. The first-order chi connectivity index (χ1) is 18.1. The quantitative estimate of drug-likeness (QED) is 0.294. The summed E-state index contributed by atoms with van der Waals surface area (Å²) in [7, 11) is 0. The molecule has 7 nitrogen and oxygen atoms in total. The lowest BCUT2D eigenvalue weighted by molar-refractivity contribution is 0.160. The van der Waals surface area contributed by atoms with Crippen LogP contribution in [0.5, 0.6) is 0 Å². The lowest BCUT2D eigenvalue weighted by atomic mass is 9.95. The molecular weight excluding hydrogens is 460 g/mol. The molecule has 1 atom stereocenters. The molecule has 1 N–H and O–H groups in total. The van der Waals surface area contributed by atoms with E-state index in [1.54, 1.807) is 0 Å². The van der Waals surface area contributed by atoms with Gasteiger partial charge in [-0.1, -0.05) is 81.1 Å². The molecule has 37 heavy (non-hydrogen) atoms. The Bertz CT molecular complexity index is 1360. The fourth-order valence-corrected chi connectivity index (χ4v) is 5.78. The fourth-order valence-electron chi connectivity index (χ4n) is 5.78. The van der Waals surface area contributed by atoms with E-state index in [9.17, 15) is 4.79 Å². The van der Waals surface area contributed by atoms with Gasteiger partial charge in [-0.25, -0.2) is 4.68 Å². The topological polar surface area (TPSA) is 79.7 Å². The maximum absolute atomic E-state index is 13.2. The molecule has 4 aromatic rings. The number of pyridine rings is 1. The molecule has 1 aliphatic carbocycles. The summed E-state index contributed by atoms with van der Waals surface area (Å²) in [6, 6.07) is 19.2. The van der Waals surface area contributed by atoms with Crippen molar-refractivity contribution < 1.29 is 0 Å². The number of para-hydroxylation sites is 1. The van der Waals surface area contributed by atoms with Gasteiger partial charge in [-0.2, -0.15) is 0 Å². The third-order valence-electron chi connectivity index (χ3n) is 7.81. The molecule has 0 saturated heterocycles. The van der Waals surface area contributed by atoms with E-state index < -0.39 is 0 Å². The first-order valence-corrected chi connectivity index (χ1v) is 13.8. The smallest absolute Gasteiger partial charge is 0.252 e. The first-order valence-electron chi connectivity index (χ1n) is 13.8. The number of nitrogens with zero attached hydrogens (tertiary/aromatic N) is 5. The third kappa shape index (κ3) is 5.82. The molecule has 194 valence electrons. The van der Waals surface area contributed by atoms with Crippen molar-refractivity contribution >= 4 is 10.9 Å². The van der Waals surface area contributed by atoms with Crippen LogP contribution in [-0.4, -0.2) is 36.6 Å². The van der Waals surface area contributed by atoms with Crippen LogP contribution in [-0.2, 0) is 13.0 Å². The second-order valence-electron chi connectivity index (χ2n) is 10.4. The van der Waals surface area contributed by atoms with Crippen LogP contribution >= 0.6 is 0 Å². The molecule has 2 heterocycles. The van der Waals surface area contributed by atoms with Gasteiger partial charge in [0.2, 0.25) is 0 Å². The van der Waals surface area contributed by atoms with Crippen molar-refractivity contribution in [1.29, 1.82) is 0 Å². The molecule has 0 radical (unpaired) electrons. The number of aromatic amines is 1. The second-order valence-corrected chi connectivity index (χ2v) is 10.4. The number of H-pyrrole nitrogens is 1. The normalized spacial score (nSPS) is 15.4. The zero-order valence-electron chi connectivity index (χ0n) is 22.1. The van der Waals surface area contributed by atoms with Crippen LogP contribution in [0.2, 0.25) is 0 Å². The van der Waals surface area contributed by atoms with Gasteiger partial charge in [0.1, 0.15) is 0 Å². The Balaban J connectivity index is 1.50. The third-order valence-corrected chi connectivity index (χ3v) is 7.81. The number of aromatic nitrogens is 5. The van der Waals surface area contributed by atoms with Crippen LogP contribution in [0.3, 0.4) is 0 Å². The highest BCUT2D eigenvalue weighted by Gasteiger charge is 2.29. The summed E-state index contributed by atoms with van der Waals surface area (Å²) in [6.07, 6.45) is 8.85. The summed E-state index contributed by atoms with van der Waals surface area (Å²) in [5, 5.41) is 14.3. The summed E-state index contributed by atoms with van der Waals surface area (Å²) in [5.74, 6) is 0.940. The van der Waals surface area contributed by atoms with Crippen LogP contribution < -0.4 is 5.56 Å². The molecule has 1 fully saturated rings. The molecule has 0 unspecified atom stereocenters. The largest absolute Gasteiger partial charge is 0.321 e. The Kier molecular flexibility index (Phi) is 8.09. The number of tetrazole rings is 1. The van der Waals surface area contributed by atoms with Crippen LogP contribution in [0.1, 0.15) is 86.5 Å². The molecule has 0 spiro atoms. The minimum Gasteiger partial charge on any atom is -0.321 e. The predicted molar refractivity (Wildman–Crippen MR) is 147 cm³/mol. The summed E-state index contributed by atoms with van der Waals surface area (Å²) < 4.78 is 2.10. The number of aryl methyl sites for hydroxylation is 1. The molecule has 0 bridgehead atoms. The zero-order valence-corrected chi connectivity index (χ0v) is 22.1. The summed E-state index contributed by atoms with van der Waals surface area (Å²) >= 11 is 0. The van der Waals surface area contributed by atoms with Gasteiger partial charge in [-0.3, -0.25) is 9.69 Å². The van der Waals surface area contributed by atoms with Crippen molar-refractivity contribution in [3.63, 3.8) is 0 Å². The Labute approximate surface area is 218 Å². The average molecular weight is 499 g/mol. The van der Waals surface area contributed by atoms with Gasteiger partial charge in [0.15, 0.2) is 5.82 Å². The van der Waals surface area contributed by atoms with Crippen molar-refractivity contribution in [2.75, 3.05) is 6.54 Å². The number of hydrogen-bond donors (Lipinski definition) is 1. The van der Waals surface area contributed by atoms with E-state index in [0.717, 1.165) is 66.5 Å². The monoisotopic (exact) mass is 498 g/mol. The Morgan fingerprint density at radius 1 is 1.08 bits per heavy atom. The molecule has 1 saturated carbocycles. The van der Waals surface area contributed by atoms with Crippen molar-refractivity contribution in [2.45, 2.75) is 83.8 Å². The summed E-state index contributed by atoms with van der Waals surface area (Å²) in [6.45, 7) is 5.61. The van der Waals surface area contributed by atoms with Gasteiger partial charge >= 0.3 is 0 Å². The molecule has 5 rings (SSSR count). The van der Waals surface area contributed by atoms with Crippen LogP contribution in [0, 0.1) is 6.92 Å². The Morgan fingerprint density at radius 3 is 2.68 bits per heavy atom. The molecule has 1 aliphatic rings. The summed E-state index contributed by atoms with van der Waals surface area (Å²) in [5.41, 5.74) is 4.05. The van der Waals surface area contributed by atoms with Crippen molar-refractivity contribution in [3.8, 4) is 0 Å². The van der Waals surface area contributed by atoms with E-state index in [1.807, 2.05) is 19.1 Å². The molecule has 2 aromatic carbocycles. The van der Waals surface area contributed by atoms with Crippen molar-refractivity contribution in [2.24, 2.45) is 0 Å². The van der Waals surface area contributed by atoms with Crippen LogP contribution in [0.4, 0.5) is 0 Å². The van der Waals surface area contributed by atoms with Crippen LogP contribution in [0.15, 0.2) is 59.4 Å². The second kappa shape index (κ2) is 11.8. The van der Waals surface area contributed by atoms with E-state index in [4.69, 9.17) is 0 Å². The SMILES string of the molecule is CCC[C@@H](c1nnnn1C1CCCCC1)N(CCc1ccccc1)Cc1cc2cccc(C)c2[nH]c1=O. The Morgan fingerprint density at radius 2 is 1.89 bits per heavy atom. The van der Waals surface area contributed by atoms with E-state index >= 15 is 0 Å². The maximum Gasteiger partial charge on any atom is 0.252 e.